The van der Waals surface area contributed by atoms with E-state index in [0.717, 1.165) is 19.5 Å². The molecule has 1 aliphatic heterocycles. The molecule has 2 fully saturated rings. The zero-order valence-electron chi connectivity index (χ0n) is 8.54. The quantitative estimate of drug-likeness (QED) is 0.641. The number of nitrogens with zero attached hydrogens (tertiary/aromatic N) is 1. The zero-order valence-corrected chi connectivity index (χ0v) is 8.54. The largest absolute Gasteiger partial charge is 0.355 e. The standard InChI is InChI=1S/C10H19N3O/c11-9-7-8(9)10(14)12-3-6-13-4-1-2-5-13/h8-9H,1-7,11H2,(H,12,14). The van der Waals surface area contributed by atoms with Gasteiger partial charge in [-0.3, -0.25) is 4.79 Å². The topological polar surface area (TPSA) is 58.4 Å². The van der Waals surface area contributed by atoms with E-state index in [-0.39, 0.29) is 17.9 Å². The number of hydrogen-bond acceptors (Lipinski definition) is 3. The summed E-state index contributed by atoms with van der Waals surface area (Å²) in [4.78, 5) is 13.8. The molecule has 0 aromatic heterocycles. The van der Waals surface area contributed by atoms with Gasteiger partial charge in [-0.05, 0) is 32.4 Å². The summed E-state index contributed by atoms with van der Waals surface area (Å²) in [6.07, 6.45) is 3.48. The van der Waals surface area contributed by atoms with Crippen molar-refractivity contribution < 1.29 is 4.79 Å². The molecule has 2 atom stereocenters. The van der Waals surface area contributed by atoms with Gasteiger partial charge >= 0.3 is 0 Å². The molecular weight excluding hydrogens is 178 g/mol. The Bertz CT molecular complexity index is 213. The summed E-state index contributed by atoms with van der Waals surface area (Å²) in [7, 11) is 0. The predicted molar refractivity (Wildman–Crippen MR) is 54.8 cm³/mol. The first-order valence-corrected chi connectivity index (χ1v) is 5.53. The fourth-order valence-corrected chi connectivity index (χ4v) is 1.99. The number of rotatable bonds is 4. The van der Waals surface area contributed by atoms with E-state index in [1.165, 1.54) is 25.9 Å². The van der Waals surface area contributed by atoms with E-state index in [1.54, 1.807) is 0 Å². The Labute approximate surface area is 84.8 Å². The minimum atomic E-state index is 0.105. The lowest BCUT2D eigenvalue weighted by Crippen LogP contribution is -2.35. The van der Waals surface area contributed by atoms with Gasteiger partial charge in [-0.1, -0.05) is 0 Å². The molecule has 4 heteroatoms. The van der Waals surface area contributed by atoms with Crippen molar-refractivity contribution in [2.45, 2.75) is 25.3 Å². The third-order valence-corrected chi connectivity index (χ3v) is 3.10. The van der Waals surface area contributed by atoms with Crippen LogP contribution in [0.5, 0.6) is 0 Å². The predicted octanol–water partition coefficient (Wildman–Crippen LogP) is -0.454. The van der Waals surface area contributed by atoms with Crippen LogP contribution in [0.1, 0.15) is 19.3 Å². The Morgan fingerprint density at radius 2 is 2.07 bits per heavy atom. The average molecular weight is 197 g/mol. The molecule has 1 heterocycles. The third kappa shape index (κ3) is 2.45. The Morgan fingerprint density at radius 1 is 1.43 bits per heavy atom. The first kappa shape index (κ1) is 9.93. The summed E-state index contributed by atoms with van der Waals surface area (Å²) < 4.78 is 0. The van der Waals surface area contributed by atoms with E-state index in [2.05, 4.69) is 10.2 Å². The fourth-order valence-electron chi connectivity index (χ4n) is 1.99. The molecule has 4 nitrogen and oxygen atoms in total. The monoisotopic (exact) mass is 197 g/mol. The Hall–Kier alpha value is -0.610. The molecule has 1 amide bonds. The molecule has 3 N–H and O–H groups in total. The number of likely N-dealkylation sites (tertiary alicyclic amines) is 1. The van der Waals surface area contributed by atoms with Gasteiger partial charge in [0.25, 0.3) is 0 Å². The van der Waals surface area contributed by atoms with Crippen molar-refractivity contribution >= 4 is 5.91 Å². The highest BCUT2D eigenvalue weighted by Crippen LogP contribution is 2.27. The van der Waals surface area contributed by atoms with E-state index >= 15 is 0 Å². The second-order valence-electron chi connectivity index (χ2n) is 4.35. The van der Waals surface area contributed by atoms with Crippen molar-refractivity contribution in [3.8, 4) is 0 Å². The molecule has 14 heavy (non-hydrogen) atoms. The second kappa shape index (κ2) is 4.28. The highest BCUT2D eigenvalue weighted by molar-refractivity contribution is 5.82. The molecule has 0 aromatic rings. The minimum absolute atomic E-state index is 0.105. The van der Waals surface area contributed by atoms with Crippen LogP contribution in [0.25, 0.3) is 0 Å². The van der Waals surface area contributed by atoms with Crippen LogP contribution in [0.3, 0.4) is 0 Å². The lowest BCUT2D eigenvalue weighted by molar-refractivity contribution is -0.122. The van der Waals surface area contributed by atoms with Crippen LogP contribution < -0.4 is 11.1 Å². The van der Waals surface area contributed by atoms with Gasteiger partial charge in [0.15, 0.2) is 0 Å². The number of amides is 1. The Morgan fingerprint density at radius 3 is 2.64 bits per heavy atom. The molecule has 0 spiro atoms. The molecule has 0 aromatic carbocycles. The maximum absolute atomic E-state index is 11.4. The maximum Gasteiger partial charge on any atom is 0.224 e. The number of carbonyl (C=O) groups is 1. The summed E-state index contributed by atoms with van der Waals surface area (Å²) in [5, 5.41) is 2.94. The first-order chi connectivity index (χ1) is 6.77. The number of nitrogens with one attached hydrogen (secondary N) is 1. The smallest absolute Gasteiger partial charge is 0.224 e. The van der Waals surface area contributed by atoms with E-state index in [1.807, 2.05) is 0 Å². The lowest BCUT2D eigenvalue weighted by atomic mass is 10.3. The number of nitrogens with two attached hydrogens (primary N) is 1. The number of carbonyl (C=O) groups excluding carboxylic acids is 1. The van der Waals surface area contributed by atoms with Gasteiger partial charge in [-0.25, -0.2) is 0 Å². The van der Waals surface area contributed by atoms with Crippen molar-refractivity contribution in [3.63, 3.8) is 0 Å². The summed E-state index contributed by atoms with van der Waals surface area (Å²) in [5.74, 6) is 0.255. The Balaban J connectivity index is 1.56. The van der Waals surface area contributed by atoms with Crippen LogP contribution in [0, 0.1) is 5.92 Å². The lowest BCUT2D eigenvalue weighted by Gasteiger charge is -2.14. The molecule has 1 saturated carbocycles. The van der Waals surface area contributed by atoms with E-state index in [4.69, 9.17) is 5.73 Å². The highest BCUT2D eigenvalue weighted by Gasteiger charge is 2.39. The van der Waals surface area contributed by atoms with E-state index in [9.17, 15) is 4.79 Å². The molecule has 1 saturated heterocycles. The Kier molecular flexibility index (Phi) is 3.03. The maximum atomic E-state index is 11.4. The summed E-state index contributed by atoms with van der Waals surface area (Å²) >= 11 is 0. The van der Waals surface area contributed by atoms with Crippen molar-refractivity contribution in [1.29, 1.82) is 0 Å². The van der Waals surface area contributed by atoms with Crippen LogP contribution >= 0.6 is 0 Å². The van der Waals surface area contributed by atoms with Crippen molar-refractivity contribution in [1.82, 2.24) is 10.2 Å². The van der Waals surface area contributed by atoms with Gasteiger partial charge in [-0.15, -0.1) is 0 Å². The molecular formula is C10H19N3O. The molecule has 2 unspecified atom stereocenters. The van der Waals surface area contributed by atoms with Gasteiger partial charge in [0, 0.05) is 19.1 Å². The molecule has 80 valence electrons. The third-order valence-electron chi connectivity index (χ3n) is 3.10. The van der Waals surface area contributed by atoms with E-state index in [0.29, 0.717) is 0 Å². The van der Waals surface area contributed by atoms with E-state index < -0.39 is 0 Å². The SMILES string of the molecule is NC1CC1C(=O)NCCN1CCCC1. The average Bonchev–Trinajstić information content (AvgIpc) is 2.68. The van der Waals surface area contributed by atoms with Crippen molar-refractivity contribution in [2.75, 3.05) is 26.2 Å². The molecule has 0 radical (unpaired) electrons. The van der Waals surface area contributed by atoms with Gasteiger partial charge in [-0.2, -0.15) is 0 Å². The first-order valence-electron chi connectivity index (χ1n) is 5.53. The van der Waals surface area contributed by atoms with Gasteiger partial charge < -0.3 is 16.0 Å². The molecule has 1 aliphatic carbocycles. The fraction of sp³-hybridized carbons (Fsp3) is 0.900. The summed E-state index contributed by atoms with van der Waals surface area (Å²) in [6.45, 7) is 4.16. The van der Waals surface area contributed by atoms with Crippen molar-refractivity contribution in [3.05, 3.63) is 0 Å². The van der Waals surface area contributed by atoms with Crippen LogP contribution in [0.4, 0.5) is 0 Å². The van der Waals surface area contributed by atoms with Gasteiger partial charge in [0.05, 0.1) is 5.92 Å². The van der Waals surface area contributed by atoms with Gasteiger partial charge in [0.1, 0.15) is 0 Å². The van der Waals surface area contributed by atoms with Gasteiger partial charge in [0.2, 0.25) is 5.91 Å². The minimum Gasteiger partial charge on any atom is -0.355 e. The normalized spacial score (nSPS) is 31.8. The second-order valence-corrected chi connectivity index (χ2v) is 4.35. The molecule has 2 rings (SSSR count). The summed E-state index contributed by atoms with van der Waals surface area (Å²) in [6, 6.07) is 0.127. The van der Waals surface area contributed by atoms with Crippen LogP contribution in [0.15, 0.2) is 0 Å². The highest BCUT2D eigenvalue weighted by atomic mass is 16.2. The molecule has 0 bridgehead atoms. The van der Waals surface area contributed by atoms with Crippen LogP contribution in [-0.2, 0) is 4.79 Å². The summed E-state index contributed by atoms with van der Waals surface area (Å²) in [5.41, 5.74) is 5.59. The van der Waals surface area contributed by atoms with Crippen molar-refractivity contribution in [2.24, 2.45) is 11.7 Å². The zero-order chi connectivity index (χ0) is 9.97. The van der Waals surface area contributed by atoms with Crippen LogP contribution in [0.2, 0.25) is 0 Å². The molecule has 2 aliphatic rings. The number of hydrogen-bond donors (Lipinski definition) is 2. The van der Waals surface area contributed by atoms with Crippen LogP contribution in [-0.4, -0.2) is 43.0 Å².